The zero-order valence-electron chi connectivity index (χ0n) is 14.9. The maximum absolute atomic E-state index is 11.8. The highest BCUT2D eigenvalue weighted by Crippen LogP contribution is 2.18. The molecule has 27 heavy (non-hydrogen) atoms. The monoisotopic (exact) mass is 369 g/mol. The van der Waals surface area contributed by atoms with Crippen LogP contribution < -0.4 is 15.6 Å². The van der Waals surface area contributed by atoms with Crippen molar-refractivity contribution in [3.63, 3.8) is 0 Å². The molecule has 0 radical (unpaired) electrons. The highest BCUT2D eigenvalue weighted by atomic mass is 16.6. The normalized spacial score (nSPS) is 10.4. The minimum Gasteiger partial charge on any atom is -0.483 e. The zero-order valence-corrected chi connectivity index (χ0v) is 14.9. The van der Waals surface area contributed by atoms with Crippen molar-refractivity contribution >= 4 is 23.6 Å². The topological polar surface area (TPSA) is 111 Å². The highest BCUT2D eigenvalue weighted by molar-refractivity contribution is 5.93. The van der Waals surface area contributed by atoms with E-state index in [2.05, 4.69) is 10.9 Å². The SMILES string of the molecule is Cc1ccc(C)c(OCC(=O)NNC(=O)C=Cc2cccc([N+](=O)[O-])c2)c1. The van der Waals surface area contributed by atoms with Gasteiger partial charge in [-0.3, -0.25) is 30.6 Å². The van der Waals surface area contributed by atoms with Crippen molar-refractivity contribution in [2.24, 2.45) is 0 Å². The summed E-state index contributed by atoms with van der Waals surface area (Å²) in [6.45, 7) is 3.53. The van der Waals surface area contributed by atoms with E-state index in [9.17, 15) is 19.7 Å². The minimum atomic E-state index is -0.582. The van der Waals surface area contributed by atoms with E-state index >= 15 is 0 Å². The number of ether oxygens (including phenoxy) is 1. The summed E-state index contributed by atoms with van der Waals surface area (Å²) in [5, 5.41) is 10.7. The lowest BCUT2D eigenvalue weighted by Crippen LogP contribution is -2.43. The van der Waals surface area contributed by atoms with E-state index in [0.29, 0.717) is 11.3 Å². The van der Waals surface area contributed by atoms with Crippen molar-refractivity contribution < 1.29 is 19.2 Å². The van der Waals surface area contributed by atoms with Gasteiger partial charge in [0, 0.05) is 18.2 Å². The number of non-ortho nitro benzene ring substituents is 1. The van der Waals surface area contributed by atoms with Crippen molar-refractivity contribution in [2.45, 2.75) is 13.8 Å². The fraction of sp³-hybridized carbons (Fsp3) is 0.158. The van der Waals surface area contributed by atoms with Crippen LogP contribution in [0, 0.1) is 24.0 Å². The van der Waals surface area contributed by atoms with Gasteiger partial charge in [-0.15, -0.1) is 0 Å². The summed E-state index contributed by atoms with van der Waals surface area (Å²) in [5.41, 5.74) is 6.77. The molecule has 2 N–H and O–H groups in total. The summed E-state index contributed by atoms with van der Waals surface area (Å²) in [6.07, 6.45) is 2.56. The van der Waals surface area contributed by atoms with E-state index in [-0.39, 0.29) is 12.3 Å². The van der Waals surface area contributed by atoms with Gasteiger partial charge in [-0.1, -0.05) is 24.3 Å². The zero-order chi connectivity index (χ0) is 19.8. The summed E-state index contributed by atoms with van der Waals surface area (Å²) >= 11 is 0. The molecule has 0 fully saturated rings. The molecule has 0 aliphatic carbocycles. The smallest absolute Gasteiger partial charge is 0.276 e. The van der Waals surface area contributed by atoms with E-state index in [0.717, 1.165) is 17.2 Å². The van der Waals surface area contributed by atoms with Crippen LogP contribution in [0.1, 0.15) is 16.7 Å². The van der Waals surface area contributed by atoms with Gasteiger partial charge in [-0.25, -0.2) is 0 Å². The number of carbonyl (C=O) groups is 2. The Kier molecular flexibility index (Phi) is 6.65. The average Bonchev–Trinajstić information content (AvgIpc) is 2.65. The van der Waals surface area contributed by atoms with Crippen molar-refractivity contribution in [3.8, 4) is 5.75 Å². The molecule has 0 heterocycles. The van der Waals surface area contributed by atoms with Crippen molar-refractivity contribution in [1.82, 2.24) is 10.9 Å². The summed E-state index contributed by atoms with van der Waals surface area (Å²) in [5.74, 6) is -0.503. The molecule has 0 aliphatic rings. The molecular formula is C19H19N3O5. The number of carbonyl (C=O) groups excluding carboxylic acids is 2. The maximum Gasteiger partial charge on any atom is 0.276 e. The first-order chi connectivity index (χ1) is 12.8. The molecule has 2 aromatic carbocycles. The van der Waals surface area contributed by atoms with Crippen LogP contribution in [0.25, 0.3) is 6.08 Å². The summed E-state index contributed by atoms with van der Waals surface area (Å²) in [7, 11) is 0. The molecule has 2 rings (SSSR count). The Hall–Kier alpha value is -3.68. The predicted molar refractivity (Wildman–Crippen MR) is 99.8 cm³/mol. The van der Waals surface area contributed by atoms with E-state index < -0.39 is 16.7 Å². The molecule has 0 saturated carbocycles. The van der Waals surface area contributed by atoms with Gasteiger partial charge in [0.15, 0.2) is 6.61 Å². The second-order valence-corrected chi connectivity index (χ2v) is 5.78. The standard InChI is InChI=1S/C19H19N3O5/c1-13-6-7-14(2)17(10-13)27-12-19(24)21-20-18(23)9-8-15-4-3-5-16(11-15)22(25)26/h3-11H,12H2,1-2H3,(H,20,23)(H,21,24). The van der Waals surface area contributed by atoms with Gasteiger partial charge in [0.25, 0.3) is 17.5 Å². The molecule has 8 heteroatoms. The van der Waals surface area contributed by atoms with E-state index in [1.165, 1.54) is 24.3 Å². The Balaban J connectivity index is 1.81. The fourth-order valence-electron chi connectivity index (χ4n) is 2.13. The number of hydrogen-bond donors (Lipinski definition) is 2. The largest absolute Gasteiger partial charge is 0.483 e. The lowest BCUT2D eigenvalue weighted by molar-refractivity contribution is -0.384. The number of hydrazine groups is 1. The number of nitro benzene ring substituents is 1. The van der Waals surface area contributed by atoms with Crippen LogP contribution in [0.5, 0.6) is 5.75 Å². The van der Waals surface area contributed by atoms with Crippen LogP contribution in [0.4, 0.5) is 5.69 Å². The van der Waals surface area contributed by atoms with Gasteiger partial charge in [0.05, 0.1) is 4.92 Å². The molecule has 0 aromatic heterocycles. The Morgan fingerprint density at radius 2 is 1.93 bits per heavy atom. The molecule has 0 atom stereocenters. The Morgan fingerprint density at radius 1 is 1.15 bits per heavy atom. The molecule has 8 nitrogen and oxygen atoms in total. The Morgan fingerprint density at radius 3 is 2.67 bits per heavy atom. The number of benzene rings is 2. The van der Waals surface area contributed by atoms with Gasteiger partial charge >= 0.3 is 0 Å². The number of aryl methyl sites for hydroxylation is 2. The fourth-order valence-corrected chi connectivity index (χ4v) is 2.13. The molecule has 2 aromatic rings. The summed E-state index contributed by atoms with van der Waals surface area (Å²) in [4.78, 5) is 33.7. The van der Waals surface area contributed by atoms with Gasteiger partial charge < -0.3 is 4.74 Å². The van der Waals surface area contributed by atoms with Crippen LogP contribution in [-0.2, 0) is 9.59 Å². The van der Waals surface area contributed by atoms with E-state index in [1.54, 1.807) is 6.07 Å². The number of hydrogen-bond acceptors (Lipinski definition) is 5. The van der Waals surface area contributed by atoms with Crippen molar-refractivity contribution in [2.75, 3.05) is 6.61 Å². The molecule has 140 valence electrons. The second-order valence-electron chi connectivity index (χ2n) is 5.78. The van der Waals surface area contributed by atoms with Gasteiger partial charge in [-0.05, 0) is 42.7 Å². The third-order valence-corrected chi connectivity index (χ3v) is 3.54. The van der Waals surface area contributed by atoms with Gasteiger partial charge in [-0.2, -0.15) is 0 Å². The van der Waals surface area contributed by atoms with E-state index in [1.807, 2.05) is 32.0 Å². The third kappa shape index (κ3) is 6.28. The van der Waals surface area contributed by atoms with Crippen molar-refractivity contribution in [1.29, 1.82) is 0 Å². The predicted octanol–water partition coefficient (Wildman–Crippen LogP) is 2.45. The Bertz CT molecular complexity index is 893. The Labute approximate surface area is 156 Å². The average molecular weight is 369 g/mol. The lowest BCUT2D eigenvalue weighted by atomic mass is 10.1. The third-order valence-electron chi connectivity index (χ3n) is 3.54. The van der Waals surface area contributed by atoms with Gasteiger partial charge in [0.1, 0.15) is 5.75 Å². The lowest BCUT2D eigenvalue weighted by Gasteiger charge is -2.10. The van der Waals surface area contributed by atoms with Crippen molar-refractivity contribution in [3.05, 3.63) is 75.3 Å². The molecule has 2 amide bonds. The first-order valence-corrected chi connectivity index (χ1v) is 8.06. The maximum atomic E-state index is 11.8. The van der Waals surface area contributed by atoms with Crippen LogP contribution in [0.3, 0.4) is 0 Å². The van der Waals surface area contributed by atoms with Crippen LogP contribution in [0.15, 0.2) is 48.5 Å². The quantitative estimate of drug-likeness (QED) is 0.462. The minimum absolute atomic E-state index is 0.0746. The molecular weight excluding hydrogens is 350 g/mol. The molecule has 0 aliphatic heterocycles. The molecule has 0 spiro atoms. The highest BCUT2D eigenvalue weighted by Gasteiger charge is 2.07. The molecule has 0 saturated heterocycles. The second kappa shape index (κ2) is 9.14. The summed E-state index contributed by atoms with van der Waals surface area (Å²) < 4.78 is 5.43. The number of amides is 2. The number of rotatable bonds is 6. The number of nitro groups is 1. The first-order valence-electron chi connectivity index (χ1n) is 8.06. The number of nitrogens with one attached hydrogen (secondary N) is 2. The van der Waals surface area contributed by atoms with Crippen LogP contribution in [-0.4, -0.2) is 23.3 Å². The molecule has 0 unspecified atom stereocenters. The van der Waals surface area contributed by atoms with Crippen LogP contribution in [0.2, 0.25) is 0 Å². The first kappa shape index (κ1) is 19.6. The van der Waals surface area contributed by atoms with Gasteiger partial charge in [0.2, 0.25) is 0 Å². The van der Waals surface area contributed by atoms with Crippen LogP contribution >= 0.6 is 0 Å². The summed E-state index contributed by atoms with van der Waals surface area (Å²) in [6, 6.07) is 11.5. The number of nitrogens with zero attached hydrogens (tertiary/aromatic N) is 1. The molecule has 0 bridgehead atoms. The van der Waals surface area contributed by atoms with E-state index in [4.69, 9.17) is 4.74 Å².